The van der Waals surface area contributed by atoms with Crippen LogP contribution in [-0.2, 0) is 11.2 Å². The standard InChI is InChI=1S/C17H21N3O3/c1-13-16(23-12-18-13)11-17(21)20-9-7-19(8-10-20)14-5-3-4-6-15(14)22-2/h3-6,12H,7-11H2,1-2H3. The minimum absolute atomic E-state index is 0.0875. The zero-order valence-electron chi connectivity index (χ0n) is 13.5. The first-order valence-electron chi connectivity index (χ1n) is 7.73. The number of methoxy groups -OCH3 is 1. The van der Waals surface area contributed by atoms with Gasteiger partial charge in [-0.2, -0.15) is 0 Å². The van der Waals surface area contributed by atoms with Crippen molar-refractivity contribution >= 4 is 11.6 Å². The van der Waals surface area contributed by atoms with Gasteiger partial charge in [-0.25, -0.2) is 4.98 Å². The number of aromatic nitrogens is 1. The molecule has 0 N–H and O–H groups in total. The van der Waals surface area contributed by atoms with Gasteiger partial charge >= 0.3 is 0 Å². The van der Waals surface area contributed by atoms with Crippen molar-refractivity contribution in [1.82, 2.24) is 9.88 Å². The maximum atomic E-state index is 12.4. The Morgan fingerprint density at radius 2 is 2.00 bits per heavy atom. The van der Waals surface area contributed by atoms with Crippen molar-refractivity contribution in [1.29, 1.82) is 0 Å². The summed E-state index contributed by atoms with van der Waals surface area (Å²) in [6.07, 6.45) is 1.66. The maximum absolute atomic E-state index is 12.4. The van der Waals surface area contributed by atoms with Crippen molar-refractivity contribution in [3.63, 3.8) is 0 Å². The highest BCUT2D eigenvalue weighted by Gasteiger charge is 2.24. The second-order valence-electron chi connectivity index (χ2n) is 5.58. The van der Waals surface area contributed by atoms with Crippen LogP contribution in [0.5, 0.6) is 5.75 Å². The lowest BCUT2D eigenvalue weighted by molar-refractivity contribution is -0.131. The van der Waals surface area contributed by atoms with Crippen LogP contribution in [0.4, 0.5) is 5.69 Å². The number of benzene rings is 1. The Balaban J connectivity index is 1.60. The third-order valence-electron chi connectivity index (χ3n) is 4.21. The predicted octanol–water partition coefficient (Wildman–Crippen LogP) is 1.88. The zero-order valence-corrected chi connectivity index (χ0v) is 13.5. The number of hydrogen-bond donors (Lipinski definition) is 0. The van der Waals surface area contributed by atoms with Gasteiger partial charge < -0.3 is 19.0 Å². The van der Waals surface area contributed by atoms with E-state index in [0.29, 0.717) is 18.8 Å². The van der Waals surface area contributed by atoms with Gasteiger partial charge in [-0.15, -0.1) is 0 Å². The van der Waals surface area contributed by atoms with Crippen molar-refractivity contribution in [3.8, 4) is 5.75 Å². The Bertz CT molecular complexity index is 675. The second-order valence-corrected chi connectivity index (χ2v) is 5.58. The number of rotatable bonds is 4. The summed E-state index contributed by atoms with van der Waals surface area (Å²) in [5.74, 6) is 1.61. The third kappa shape index (κ3) is 3.31. The molecule has 0 atom stereocenters. The highest BCUT2D eigenvalue weighted by molar-refractivity contribution is 5.78. The van der Waals surface area contributed by atoms with Gasteiger partial charge in [-0.1, -0.05) is 12.1 Å². The Hall–Kier alpha value is -2.50. The van der Waals surface area contributed by atoms with Crippen LogP contribution in [0.25, 0.3) is 0 Å². The zero-order chi connectivity index (χ0) is 16.2. The largest absolute Gasteiger partial charge is 0.495 e. The number of piperazine rings is 1. The van der Waals surface area contributed by atoms with E-state index in [2.05, 4.69) is 9.88 Å². The number of amides is 1. The molecular formula is C17H21N3O3. The first-order chi connectivity index (χ1) is 11.2. The Morgan fingerprint density at radius 1 is 1.26 bits per heavy atom. The van der Waals surface area contributed by atoms with Crippen LogP contribution in [0.2, 0.25) is 0 Å². The smallest absolute Gasteiger partial charge is 0.230 e. The van der Waals surface area contributed by atoms with Gasteiger partial charge in [0.05, 0.1) is 24.9 Å². The van der Waals surface area contributed by atoms with E-state index in [-0.39, 0.29) is 12.3 Å². The molecule has 0 saturated carbocycles. The normalized spacial score (nSPS) is 14.9. The van der Waals surface area contributed by atoms with Gasteiger partial charge in [0.15, 0.2) is 6.39 Å². The molecule has 1 aromatic heterocycles. The van der Waals surface area contributed by atoms with Gasteiger partial charge in [0.25, 0.3) is 0 Å². The molecule has 0 bridgehead atoms. The maximum Gasteiger partial charge on any atom is 0.230 e. The summed E-state index contributed by atoms with van der Waals surface area (Å²) < 4.78 is 10.7. The van der Waals surface area contributed by atoms with Gasteiger partial charge in [-0.05, 0) is 19.1 Å². The molecule has 1 aromatic carbocycles. The van der Waals surface area contributed by atoms with Crippen molar-refractivity contribution in [2.45, 2.75) is 13.3 Å². The summed E-state index contributed by atoms with van der Waals surface area (Å²) in [4.78, 5) is 20.5. The predicted molar refractivity (Wildman–Crippen MR) is 86.7 cm³/mol. The van der Waals surface area contributed by atoms with Crippen molar-refractivity contribution in [3.05, 3.63) is 42.1 Å². The van der Waals surface area contributed by atoms with Crippen LogP contribution >= 0.6 is 0 Å². The van der Waals surface area contributed by atoms with Crippen LogP contribution in [0, 0.1) is 6.92 Å². The molecule has 0 spiro atoms. The number of para-hydroxylation sites is 2. The van der Waals surface area contributed by atoms with Crippen LogP contribution in [-0.4, -0.2) is 49.1 Å². The molecule has 1 saturated heterocycles. The van der Waals surface area contributed by atoms with E-state index in [0.717, 1.165) is 30.2 Å². The lowest BCUT2D eigenvalue weighted by Crippen LogP contribution is -2.49. The average Bonchev–Trinajstić information content (AvgIpc) is 3.00. The molecule has 1 aliphatic heterocycles. The number of anilines is 1. The number of nitrogens with zero attached hydrogens (tertiary/aromatic N) is 3. The van der Waals surface area contributed by atoms with E-state index in [1.807, 2.05) is 36.1 Å². The molecule has 1 fully saturated rings. The van der Waals surface area contributed by atoms with Gasteiger partial charge in [0, 0.05) is 26.2 Å². The van der Waals surface area contributed by atoms with E-state index < -0.39 is 0 Å². The van der Waals surface area contributed by atoms with E-state index in [1.165, 1.54) is 6.39 Å². The van der Waals surface area contributed by atoms with Crippen molar-refractivity contribution in [2.24, 2.45) is 0 Å². The van der Waals surface area contributed by atoms with E-state index in [1.54, 1.807) is 7.11 Å². The molecule has 0 unspecified atom stereocenters. The monoisotopic (exact) mass is 315 g/mol. The number of aryl methyl sites for hydroxylation is 1. The summed E-state index contributed by atoms with van der Waals surface area (Å²) in [5, 5.41) is 0. The van der Waals surface area contributed by atoms with E-state index in [4.69, 9.17) is 9.15 Å². The van der Waals surface area contributed by atoms with Crippen LogP contribution < -0.4 is 9.64 Å². The highest BCUT2D eigenvalue weighted by Crippen LogP contribution is 2.28. The number of carbonyl (C=O) groups is 1. The number of oxazole rings is 1. The van der Waals surface area contributed by atoms with Crippen LogP contribution in [0.15, 0.2) is 35.1 Å². The van der Waals surface area contributed by atoms with Crippen molar-refractivity contribution in [2.75, 3.05) is 38.2 Å². The number of carbonyl (C=O) groups excluding carboxylic acids is 1. The summed E-state index contributed by atoms with van der Waals surface area (Å²) in [6, 6.07) is 7.97. The Kier molecular flexibility index (Phi) is 4.50. The molecule has 1 amide bonds. The summed E-state index contributed by atoms with van der Waals surface area (Å²) in [5.41, 5.74) is 1.86. The minimum Gasteiger partial charge on any atom is -0.495 e. The molecule has 122 valence electrons. The van der Waals surface area contributed by atoms with Crippen LogP contribution in [0.1, 0.15) is 11.5 Å². The molecule has 1 aliphatic rings. The Morgan fingerprint density at radius 3 is 2.65 bits per heavy atom. The third-order valence-corrected chi connectivity index (χ3v) is 4.21. The van der Waals surface area contributed by atoms with Gasteiger partial charge in [0.1, 0.15) is 11.5 Å². The van der Waals surface area contributed by atoms with Crippen molar-refractivity contribution < 1.29 is 13.9 Å². The SMILES string of the molecule is COc1ccccc1N1CCN(C(=O)Cc2ocnc2C)CC1. The molecule has 6 nitrogen and oxygen atoms in total. The second kappa shape index (κ2) is 6.73. The van der Waals surface area contributed by atoms with Crippen LogP contribution in [0.3, 0.4) is 0 Å². The fourth-order valence-corrected chi connectivity index (χ4v) is 2.83. The molecule has 23 heavy (non-hydrogen) atoms. The number of ether oxygens (including phenoxy) is 1. The minimum atomic E-state index is 0.0875. The molecule has 6 heteroatoms. The molecule has 2 heterocycles. The fourth-order valence-electron chi connectivity index (χ4n) is 2.83. The molecule has 0 aliphatic carbocycles. The lowest BCUT2D eigenvalue weighted by Gasteiger charge is -2.36. The highest BCUT2D eigenvalue weighted by atomic mass is 16.5. The summed E-state index contributed by atoms with van der Waals surface area (Å²) in [7, 11) is 1.68. The fraction of sp³-hybridized carbons (Fsp3) is 0.412. The van der Waals surface area contributed by atoms with E-state index in [9.17, 15) is 4.79 Å². The molecule has 3 rings (SSSR count). The lowest BCUT2D eigenvalue weighted by atomic mass is 10.2. The average molecular weight is 315 g/mol. The first kappa shape index (κ1) is 15.4. The summed E-state index contributed by atoms with van der Waals surface area (Å²) >= 11 is 0. The topological polar surface area (TPSA) is 58.8 Å². The van der Waals surface area contributed by atoms with Gasteiger partial charge in [-0.3, -0.25) is 4.79 Å². The van der Waals surface area contributed by atoms with Gasteiger partial charge in [0.2, 0.25) is 5.91 Å². The number of hydrogen-bond acceptors (Lipinski definition) is 5. The first-order valence-corrected chi connectivity index (χ1v) is 7.73. The molecular weight excluding hydrogens is 294 g/mol. The summed E-state index contributed by atoms with van der Waals surface area (Å²) in [6.45, 7) is 4.84. The van der Waals surface area contributed by atoms with E-state index >= 15 is 0 Å². The quantitative estimate of drug-likeness (QED) is 0.862. The molecule has 0 radical (unpaired) electrons. The molecule has 2 aromatic rings. The Labute approximate surface area is 135 Å².